The van der Waals surface area contributed by atoms with E-state index in [4.69, 9.17) is 4.74 Å². The number of para-hydroxylation sites is 1. The van der Waals surface area contributed by atoms with Crippen LogP contribution < -0.4 is 10.1 Å². The van der Waals surface area contributed by atoms with E-state index in [0.29, 0.717) is 17.2 Å². The maximum atomic E-state index is 13.2. The summed E-state index contributed by atoms with van der Waals surface area (Å²) in [5.41, 5.74) is 1.27. The third-order valence-electron chi connectivity index (χ3n) is 2.57. The molecule has 2 aromatic rings. The number of nitrogens with one attached hydrogen (secondary N) is 1. The Kier molecular flexibility index (Phi) is 6.40. The molecule has 1 N–H and O–H groups in total. The van der Waals surface area contributed by atoms with E-state index in [0.717, 1.165) is 5.56 Å². The minimum absolute atomic E-state index is 0.278. The molecule has 0 aliphatic carbocycles. The molecule has 2 aromatic carbocycles. The van der Waals surface area contributed by atoms with Crippen molar-refractivity contribution in [3.05, 3.63) is 53.8 Å². The van der Waals surface area contributed by atoms with Crippen molar-refractivity contribution < 1.29 is 13.9 Å². The van der Waals surface area contributed by atoms with Crippen molar-refractivity contribution in [3.8, 4) is 11.5 Å². The molecule has 0 spiro atoms. The average molecular weight is 289 g/mol. The fourth-order valence-electron chi connectivity index (χ4n) is 1.67. The Balaban J connectivity index is 0.00000106. The highest BCUT2D eigenvalue weighted by Crippen LogP contribution is 2.31. The zero-order valence-corrected chi connectivity index (χ0v) is 12.7. The van der Waals surface area contributed by atoms with E-state index in [9.17, 15) is 9.18 Å². The first-order chi connectivity index (χ1) is 10.1. The Morgan fingerprint density at radius 2 is 1.76 bits per heavy atom. The van der Waals surface area contributed by atoms with Crippen molar-refractivity contribution in [1.82, 2.24) is 0 Å². The van der Waals surface area contributed by atoms with Gasteiger partial charge in [0.25, 0.3) is 0 Å². The molecule has 0 saturated carbocycles. The van der Waals surface area contributed by atoms with Crippen molar-refractivity contribution in [3.63, 3.8) is 0 Å². The fourth-order valence-corrected chi connectivity index (χ4v) is 1.67. The summed E-state index contributed by atoms with van der Waals surface area (Å²) >= 11 is 0. The Morgan fingerprint density at radius 1 is 1.10 bits per heavy atom. The molecule has 0 unspecified atom stereocenters. The second-order valence-electron chi connectivity index (χ2n) is 4.19. The van der Waals surface area contributed by atoms with Gasteiger partial charge < -0.3 is 10.1 Å². The zero-order chi connectivity index (χ0) is 15.8. The van der Waals surface area contributed by atoms with E-state index in [1.807, 2.05) is 45.0 Å². The fraction of sp³-hybridized carbons (Fsp3) is 0.235. The molecule has 0 fully saturated rings. The van der Waals surface area contributed by atoms with Crippen LogP contribution >= 0.6 is 0 Å². The Hall–Kier alpha value is -2.36. The number of hydrogen-bond acceptors (Lipinski definition) is 2. The van der Waals surface area contributed by atoms with Crippen molar-refractivity contribution in [2.24, 2.45) is 0 Å². The quantitative estimate of drug-likeness (QED) is 0.871. The van der Waals surface area contributed by atoms with Crippen LogP contribution in [0.4, 0.5) is 10.1 Å². The molecule has 1 amide bonds. The van der Waals surface area contributed by atoms with Crippen LogP contribution in [0.15, 0.2) is 42.5 Å². The number of benzene rings is 2. The number of aryl methyl sites for hydroxylation is 1. The molecular formula is C17H20FNO2. The van der Waals surface area contributed by atoms with Crippen molar-refractivity contribution in [1.29, 1.82) is 0 Å². The normalized spacial score (nSPS) is 9.38. The smallest absolute Gasteiger partial charge is 0.221 e. The van der Waals surface area contributed by atoms with Crippen LogP contribution in [0, 0.1) is 12.7 Å². The molecule has 0 heterocycles. The van der Waals surface area contributed by atoms with Crippen LogP contribution in [0.3, 0.4) is 0 Å². The van der Waals surface area contributed by atoms with Crippen LogP contribution in [-0.2, 0) is 4.79 Å². The highest BCUT2D eigenvalue weighted by molar-refractivity contribution is 5.90. The SMILES string of the molecule is CC.CC(=O)Nc1cc(F)ccc1Oc1ccccc1C. The lowest BCUT2D eigenvalue weighted by Gasteiger charge is -2.13. The Bertz CT molecular complexity index is 611. The molecule has 0 aliphatic rings. The van der Waals surface area contributed by atoms with Gasteiger partial charge in [0.15, 0.2) is 5.75 Å². The van der Waals surface area contributed by atoms with Crippen LogP contribution in [0.5, 0.6) is 11.5 Å². The van der Waals surface area contributed by atoms with Gasteiger partial charge in [-0.1, -0.05) is 32.0 Å². The predicted molar refractivity (Wildman–Crippen MR) is 83.3 cm³/mol. The average Bonchev–Trinajstić information content (AvgIpc) is 2.45. The van der Waals surface area contributed by atoms with Crippen molar-refractivity contribution in [2.75, 3.05) is 5.32 Å². The number of hydrogen-bond donors (Lipinski definition) is 1. The maximum absolute atomic E-state index is 13.2. The molecular weight excluding hydrogens is 269 g/mol. The van der Waals surface area contributed by atoms with Gasteiger partial charge in [0.05, 0.1) is 5.69 Å². The van der Waals surface area contributed by atoms with Gasteiger partial charge in [0.2, 0.25) is 5.91 Å². The van der Waals surface area contributed by atoms with E-state index in [-0.39, 0.29) is 5.91 Å². The van der Waals surface area contributed by atoms with Crippen LogP contribution in [0.1, 0.15) is 26.3 Å². The zero-order valence-electron chi connectivity index (χ0n) is 12.7. The monoisotopic (exact) mass is 289 g/mol. The summed E-state index contributed by atoms with van der Waals surface area (Å²) in [4.78, 5) is 11.1. The second kappa shape index (κ2) is 8.04. The van der Waals surface area contributed by atoms with E-state index < -0.39 is 5.82 Å². The highest BCUT2D eigenvalue weighted by Gasteiger charge is 2.09. The van der Waals surface area contributed by atoms with Crippen molar-refractivity contribution >= 4 is 11.6 Å². The topological polar surface area (TPSA) is 38.3 Å². The summed E-state index contributed by atoms with van der Waals surface area (Å²) < 4.78 is 18.9. The molecule has 4 heteroatoms. The predicted octanol–water partition coefficient (Wildman–Crippen LogP) is 4.91. The molecule has 21 heavy (non-hydrogen) atoms. The van der Waals surface area contributed by atoms with Gasteiger partial charge in [-0.3, -0.25) is 4.79 Å². The molecule has 3 nitrogen and oxygen atoms in total. The summed E-state index contributed by atoms with van der Waals surface area (Å²) in [7, 11) is 0. The van der Waals surface area contributed by atoms with Gasteiger partial charge in [0.1, 0.15) is 11.6 Å². The second-order valence-corrected chi connectivity index (χ2v) is 4.19. The first-order valence-electron chi connectivity index (χ1n) is 6.87. The number of carbonyl (C=O) groups excluding carboxylic acids is 1. The number of rotatable bonds is 3. The molecule has 0 radical (unpaired) electrons. The number of ether oxygens (including phenoxy) is 1. The van der Waals surface area contributed by atoms with Gasteiger partial charge in [-0.05, 0) is 30.7 Å². The van der Waals surface area contributed by atoms with Gasteiger partial charge in [-0.2, -0.15) is 0 Å². The van der Waals surface area contributed by atoms with Crippen LogP contribution in [-0.4, -0.2) is 5.91 Å². The third kappa shape index (κ3) is 4.91. The van der Waals surface area contributed by atoms with Gasteiger partial charge >= 0.3 is 0 Å². The lowest BCUT2D eigenvalue weighted by molar-refractivity contribution is -0.114. The summed E-state index contributed by atoms with van der Waals surface area (Å²) in [6.45, 7) is 7.28. The standard InChI is InChI=1S/C15H14FNO2.C2H6/c1-10-5-3-4-6-14(10)19-15-8-7-12(16)9-13(15)17-11(2)18;1-2/h3-9H,1-2H3,(H,17,18);1-2H3. The van der Waals surface area contributed by atoms with E-state index in [2.05, 4.69) is 5.32 Å². The summed E-state index contributed by atoms with van der Waals surface area (Å²) in [6.07, 6.45) is 0. The first kappa shape index (κ1) is 16.7. The minimum Gasteiger partial charge on any atom is -0.455 e. The van der Waals surface area contributed by atoms with Gasteiger partial charge in [-0.15, -0.1) is 0 Å². The van der Waals surface area contributed by atoms with Gasteiger partial charge in [-0.25, -0.2) is 4.39 Å². The maximum Gasteiger partial charge on any atom is 0.221 e. The number of amides is 1. The van der Waals surface area contributed by atoms with Crippen molar-refractivity contribution in [2.45, 2.75) is 27.7 Å². The molecule has 2 rings (SSSR count). The number of anilines is 1. The molecule has 0 saturated heterocycles. The minimum atomic E-state index is -0.430. The molecule has 112 valence electrons. The Morgan fingerprint density at radius 3 is 2.38 bits per heavy atom. The lowest BCUT2D eigenvalue weighted by atomic mass is 10.2. The van der Waals surface area contributed by atoms with Crippen LogP contribution in [0.25, 0.3) is 0 Å². The highest BCUT2D eigenvalue weighted by atomic mass is 19.1. The summed E-state index contributed by atoms with van der Waals surface area (Å²) in [5.74, 6) is 0.368. The molecule has 0 aliphatic heterocycles. The van der Waals surface area contributed by atoms with E-state index in [1.54, 1.807) is 0 Å². The summed E-state index contributed by atoms with van der Waals surface area (Å²) in [5, 5.41) is 2.55. The number of halogens is 1. The molecule has 0 atom stereocenters. The third-order valence-corrected chi connectivity index (χ3v) is 2.57. The van der Waals surface area contributed by atoms with Gasteiger partial charge in [0, 0.05) is 13.0 Å². The lowest BCUT2D eigenvalue weighted by Crippen LogP contribution is -2.07. The molecule has 0 bridgehead atoms. The summed E-state index contributed by atoms with van der Waals surface area (Å²) in [6, 6.07) is 11.5. The first-order valence-corrected chi connectivity index (χ1v) is 6.87. The Labute approximate surface area is 124 Å². The van der Waals surface area contributed by atoms with E-state index >= 15 is 0 Å². The molecule has 0 aromatic heterocycles. The largest absolute Gasteiger partial charge is 0.455 e. The number of carbonyl (C=O) groups is 1. The van der Waals surface area contributed by atoms with E-state index in [1.165, 1.54) is 25.1 Å². The van der Waals surface area contributed by atoms with Crippen LogP contribution in [0.2, 0.25) is 0 Å².